The summed E-state index contributed by atoms with van der Waals surface area (Å²) in [6.07, 6.45) is 3.04. The molecule has 1 atom stereocenters. The molecule has 1 aliphatic rings. The highest BCUT2D eigenvalue weighted by Crippen LogP contribution is 2.18. The lowest BCUT2D eigenvalue weighted by Crippen LogP contribution is -2.53. The van der Waals surface area contributed by atoms with E-state index in [0.29, 0.717) is 0 Å². The fraction of sp³-hybridized carbons (Fsp3) is 0.875. The van der Waals surface area contributed by atoms with Crippen molar-refractivity contribution in [1.82, 2.24) is 4.90 Å². The first-order chi connectivity index (χ1) is 5.79. The molecule has 3 nitrogen and oxygen atoms in total. The highest BCUT2D eigenvalue weighted by Gasteiger charge is 2.34. The van der Waals surface area contributed by atoms with Gasteiger partial charge in [-0.1, -0.05) is 0 Å². The van der Waals surface area contributed by atoms with E-state index in [1.54, 1.807) is 11.8 Å². The predicted molar refractivity (Wildman–Crippen MR) is 50.4 cm³/mol. The molecule has 70 valence electrons. The molecule has 4 heteroatoms. The van der Waals surface area contributed by atoms with Crippen LogP contribution in [0.15, 0.2) is 0 Å². The van der Waals surface area contributed by atoms with Crippen LogP contribution in [0.25, 0.3) is 0 Å². The van der Waals surface area contributed by atoms with Gasteiger partial charge < -0.3 is 4.74 Å². The Morgan fingerprint density at radius 3 is 2.92 bits per heavy atom. The number of carbonyl (C=O) groups excluding carboxylic acids is 1. The summed E-state index contributed by atoms with van der Waals surface area (Å²) in [5.74, 6) is 1.01. The Bertz CT molecular complexity index is 163. The molecule has 1 fully saturated rings. The van der Waals surface area contributed by atoms with Crippen LogP contribution < -0.4 is 0 Å². The summed E-state index contributed by atoms with van der Waals surface area (Å²) in [5, 5.41) is 0. The average Bonchev–Trinajstić information content (AvgIpc) is 2.03. The number of thioether (sulfide) groups is 1. The van der Waals surface area contributed by atoms with E-state index in [-0.39, 0.29) is 12.0 Å². The van der Waals surface area contributed by atoms with Gasteiger partial charge in [0.05, 0.1) is 7.11 Å². The van der Waals surface area contributed by atoms with Crippen molar-refractivity contribution in [2.45, 2.75) is 12.5 Å². The van der Waals surface area contributed by atoms with E-state index >= 15 is 0 Å². The van der Waals surface area contributed by atoms with Crippen molar-refractivity contribution in [3.63, 3.8) is 0 Å². The molecule has 0 aromatic carbocycles. The van der Waals surface area contributed by atoms with Crippen molar-refractivity contribution in [2.75, 3.05) is 32.2 Å². The van der Waals surface area contributed by atoms with Gasteiger partial charge in [0, 0.05) is 18.8 Å². The van der Waals surface area contributed by atoms with E-state index in [9.17, 15) is 4.79 Å². The van der Waals surface area contributed by atoms with Gasteiger partial charge in [0.25, 0.3) is 0 Å². The summed E-state index contributed by atoms with van der Waals surface area (Å²) in [6, 6.07) is 0.0437. The minimum Gasteiger partial charge on any atom is -0.468 e. The fourth-order valence-corrected chi connectivity index (χ4v) is 1.74. The molecular formula is C8H15NO2S. The molecule has 1 rings (SSSR count). The number of methoxy groups -OCH3 is 1. The van der Waals surface area contributed by atoms with Crippen LogP contribution in [0, 0.1) is 0 Å². The molecule has 12 heavy (non-hydrogen) atoms. The van der Waals surface area contributed by atoms with Crippen LogP contribution in [0.2, 0.25) is 0 Å². The molecule has 1 aliphatic heterocycles. The molecule has 0 radical (unpaired) electrons. The van der Waals surface area contributed by atoms with E-state index in [4.69, 9.17) is 0 Å². The molecule has 0 bridgehead atoms. The van der Waals surface area contributed by atoms with Crippen molar-refractivity contribution in [1.29, 1.82) is 0 Å². The van der Waals surface area contributed by atoms with Crippen molar-refractivity contribution in [3.05, 3.63) is 0 Å². The number of ether oxygens (including phenoxy) is 1. The molecule has 1 saturated heterocycles. The lowest BCUT2D eigenvalue weighted by Gasteiger charge is -2.38. The van der Waals surface area contributed by atoms with Gasteiger partial charge in [-0.05, 0) is 12.7 Å². The third-order valence-corrected chi connectivity index (χ3v) is 2.78. The largest absolute Gasteiger partial charge is 0.468 e. The number of nitrogens with zero attached hydrogens (tertiary/aromatic N) is 1. The summed E-state index contributed by atoms with van der Waals surface area (Å²) in [7, 11) is 1.45. The highest BCUT2D eigenvalue weighted by molar-refractivity contribution is 7.98. The van der Waals surface area contributed by atoms with Gasteiger partial charge in [0.15, 0.2) is 0 Å². The maximum Gasteiger partial charge on any atom is 0.323 e. The van der Waals surface area contributed by atoms with Crippen LogP contribution in [0.4, 0.5) is 0 Å². The van der Waals surface area contributed by atoms with Crippen molar-refractivity contribution in [3.8, 4) is 0 Å². The first-order valence-corrected chi connectivity index (χ1v) is 5.49. The zero-order chi connectivity index (χ0) is 8.97. The summed E-state index contributed by atoms with van der Waals surface area (Å²) in [4.78, 5) is 13.3. The molecule has 0 aromatic rings. The van der Waals surface area contributed by atoms with Crippen LogP contribution in [0.5, 0.6) is 0 Å². The number of likely N-dealkylation sites (tertiary alicyclic amines) is 1. The Morgan fingerprint density at radius 1 is 1.75 bits per heavy atom. The van der Waals surface area contributed by atoms with E-state index in [1.165, 1.54) is 7.11 Å². The molecule has 0 aliphatic carbocycles. The number of hydrogen-bond donors (Lipinski definition) is 0. The monoisotopic (exact) mass is 189 g/mol. The summed E-state index contributed by atoms with van der Waals surface area (Å²) < 4.78 is 4.68. The maximum atomic E-state index is 11.1. The van der Waals surface area contributed by atoms with E-state index in [1.807, 2.05) is 0 Å². The second-order valence-electron chi connectivity index (χ2n) is 2.86. The molecule has 1 unspecified atom stereocenters. The third kappa shape index (κ3) is 2.14. The van der Waals surface area contributed by atoms with Crippen molar-refractivity contribution in [2.24, 2.45) is 0 Å². The molecular weight excluding hydrogens is 174 g/mol. The van der Waals surface area contributed by atoms with Crippen LogP contribution in [-0.4, -0.2) is 49.1 Å². The number of esters is 1. The summed E-state index contributed by atoms with van der Waals surface area (Å²) >= 11 is 1.81. The van der Waals surface area contributed by atoms with Crippen molar-refractivity contribution < 1.29 is 9.53 Å². The number of hydrogen-bond acceptors (Lipinski definition) is 4. The average molecular weight is 189 g/mol. The molecule has 1 heterocycles. The van der Waals surface area contributed by atoms with Gasteiger partial charge in [-0.25, -0.2) is 0 Å². The second-order valence-corrected chi connectivity index (χ2v) is 3.84. The molecule has 0 aromatic heterocycles. The van der Waals surface area contributed by atoms with Gasteiger partial charge in [-0.2, -0.15) is 11.8 Å². The first kappa shape index (κ1) is 9.86. The number of rotatable bonds is 4. The Labute approximate surface area is 77.4 Å². The molecule has 0 amide bonds. The first-order valence-electron chi connectivity index (χ1n) is 4.10. The Hall–Kier alpha value is -0.220. The topological polar surface area (TPSA) is 29.5 Å². The van der Waals surface area contributed by atoms with Gasteiger partial charge in [0.2, 0.25) is 0 Å². The van der Waals surface area contributed by atoms with Crippen LogP contribution in [0.1, 0.15) is 6.42 Å². The van der Waals surface area contributed by atoms with E-state index in [0.717, 1.165) is 25.3 Å². The van der Waals surface area contributed by atoms with Crippen molar-refractivity contribution >= 4 is 17.7 Å². The standard InChI is InChI=1S/C8H15NO2S/c1-11-8(10)7-3-4-9(7)5-6-12-2/h7H,3-6H2,1-2H3. The normalized spacial score (nSPS) is 23.3. The smallest absolute Gasteiger partial charge is 0.323 e. The minimum absolute atomic E-state index is 0.0437. The Kier molecular flexibility index (Phi) is 3.88. The second kappa shape index (κ2) is 4.72. The van der Waals surface area contributed by atoms with E-state index < -0.39 is 0 Å². The predicted octanol–water partition coefficient (Wildman–Crippen LogP) is 0.597. The Balaban J connectivity index is 2.24. The zero-order valence-corrected chi connectivity index (χ0v) is 8.39. The highest BCUT2D eigenvalue weighted by atomic mass is 32.2. The van der Waals surface area contributed by atoms with Gasteiger partial charge >= 0.3 is 5.97 Å². The maximum absolute atomic E-state index is 11.1. The van der Waals surface area contributed by atoms with Crippen LogP contribution in [0.3, 0.4) is 0 Å². The summed E-state index contributed by atoms with van der Waals surface area (Å²) in [5.41, 5.74) is 0. The summed E-state index contributed by atoms with van der Waals surface area (Å²) in [6.45, 7) is 2.04. The van der Waals surface area contributed by atoms with Crippen LogP contribution >= 0.6 is 11.8 Å². The minimum atomic E-state index is -0.0812. The Morgan fingerprint density at radius 2 is 2.50 bits per heavy atom. The molecule has 0 saturated carbocycles. The zero-order valence-electron chi connectivity index (χ0n) is 7.58. The fourth-order valence-electron chi connectivity index (χ4n) is 1.32. The third-order valence-electron chi connectivity index (χ3n) is 2.19. The lowest BCUT2D eigenvalue weighted by atomic mass is 10.0. The quantitative estimate of drug-likeness (QED) is 0.606. The lowest BCUT2D eigenvalue weighted by molar-refractivity contribution is -0.151. The van der Waals surface area contributed by atoms with Gasteiger partial charge in [-0.15, -0.1) is 0 Å². The van der Waals surface area contributed by atoms with E-state index in [2.05, 4.69) is 15.9 Å². The molecule has 0 N–H and O–H groups in total. The van der Waals surface area contributed by atoms with Gasteiger partial charge in [0.1, 0.15) is 6.04 Å². The molecule has 0 spiro atoms. The SMILES string of the molecule is COC(=O)C1CCN1CCSC. The number of carbonyl (C=O) groups is 1. The van der Waals surface area contributed by atoms with Gasteiger partial charge in [-0.3, -0.25) is 9.69 Å². The van der Waals surface area contributed by atoms with Crippen LogP contribution in [-0.2, 0) is 9.53 Å².